The van der Waals surface area contributed by atoms with Crippen LogP contribution < -0.4 is 10.6 Å². The van der Waals surface area contributed by atoms with Gasteiger partial charge < -0.3 is 10.6 Å². The third-order valence-electron chi connectivity index (χ3n) is 3.60. The molecule has 2 aromatic rings. The Morgan fingerprint density at radius 2 is 2.05 bits per heavy atom. The van der Waals surface area contributed by atoms with Gasteiger partial charge in [0.25, 0.3) is 0 Å². The molecule has 0 spiro atoms. The topological polar surface area (TPSA) is 70.9 Å². The highest BCUT2D eigenvalue weighted by molar-refractivity contribution is 5.64. The Bertz CT molecular complexity index is 624. The third kappa shape index (κ3) is 3.34. The maximum atomic E-state index is 9.25. The van der Waals surface area contributed by atoms with Gasteiger partial charge >= 0.3 is 0 Å². The molecule has 0 saturated heterocycles. The molecule has 0 unspecified atom stereocenters. The van der Waals surface area contributed by atoms with E-state index >= 15 is 0 Å². The van der Waals surface area contributed by atoms with Crippen molar-refractivity contribution in [3.05, 3.63) is 41.5 Å². The van der Waals surface area contributed by atoms with Gasteiger partial charge in [-0.1, -0.05) is 30.3 Å². The quantitative estimate of drug-likeness (QED) is 0.884. The minimum Gasteiger partial charge on any atom is -0.383 e. The van der Waals surface area contributed by atoms with Crippen molar-refractivity contribution in [2.24, 2.45) is 0 Å². The number of benzene rings is 1. The first-order valence-electron chi connectivity index (χ1n) is 7.18. The molecule has 0 saturated carbocycles. The summed E-state index contributed by atoms with van der Waals surface area (Å²) in [5.74, 6) is 1.12. The number of anilines is 2. The van der Waals surface area contributed by atoms with Gasteiger partial charge in [0, 0.05) is 20.1 Å². The molecule has 0 fully saturated rings. The van der Waals surface area contributed by atoms with Gasteiger partial charge in [0.2, 0.25) is 0 Å². The molecule has 0 atom stereocenters. The first-order chi connectivity index (χ1) is 10.2. The number of nitrogens with two attached hydrogens (primary N) is 1. The van der Waals surface area contributed by atoms with Crippen LogP contribution in [0, 0.1) is 11.3 Å². The summed E-state index contributed by atoms with van der Waals surface area (Å²) in [6, 6.07) is 12.5. The van der Waals surface area contributed by atoms with Gasteiger partial charge in [-0.3, -0.25) is 0 Å². The van der Waals surface area contributed by atoms with Crippen molar-refractivity contribution in [3.63, 3.8) is 0 Å². The third-order valence-corrected chi connectivity index (χ3v) is 3.60. The molecule has 5 nitrogen and oxygen atoms in total. The molecule has 0 radical (unpaired) electrons. The van der Waals surface area contributed by atoms with Crippen LogP contribution in [0.3, 0.4) is 0 Å². The average molecular weight is 283 g/mol. The first-order valence-corrected chi connectivity index (χ1v) is 7.18. The molecular formula is C16H21N5. The van der Waals surface area contributed by atoms with E-state index in [4.69, 9.17) is 5.73 Å². The molecule has 1 aromatic heterocycles. The fraction of sp³-hybridized carbons (Fsp3) is 0.375. The SMILES string of the molecule is CCN(C)c1nn(CCCc2ccccc2)c(N)c1C#N. The van der Waals surface area contributed by atoms with E-state index < -0.39 is 0 Å². The zero-order chi connectivity index (χ0) is 15.2. The van der Waals surface area contributed by atoms with Crippen LogP contribution in [0.5, 0.6) is 0 Å². The number of aryl methyl sites for hydroxylation is 2. The lowest BCUT2D eigenvalue weighted by Gasteiger charge is -2.12. The Morgan fingerprint density at radius 1 is 1.33 bits per heavy atom. The molecule has 110 valence electrons. The van der Waals surface area contributed by atoms with Crippen LogP contribution in [0.15, 0.2) is 30.3 Å². The molecule has 2 N–H and O–H groups in total. The highest BCUT2D eigenvalue weighted by atomic mass is 15.4. The molecular weight excluding hydrogens is 262 g/mol. The molecule has 1 aromatic carbocycles. The number of nitriles is 1. The minimum atomic E-state index is 0.459. The van der Waals surface area contributed by atoms with E-state index in [2.05, 4.69) is 23.3 Å². The molecule has 1 heterocycles. The average Bonchev–Trinajstić information content (AvgIpc) is 2.84. The monoisotopic (exact) mass is 283 g/mol. The fourth-order valence-corrected chi connectivity index (χ4v) is 2.23. The van der Waals surface area contributed by atoms with Gasteiger partial charge in [-0.2, -0.15) is 10.4 Å². The molecule has 21 heavy (non-hydrogen) atoms. The standard InChI is InChI=1S/C16H21N5/c1-3-20(2)16-14(12-17)15(18)21(19-16)11-7-10-13-8-5-4-6-9-13/h4-6,8-9H,3,7,10-11,18H2,1-2H3. The predicted octanol–water partition coefficient (Wildman–Crippen LogP) is 2.43. The summed E-state index contributed by atoms with van der Waals surface area (Å²) in [7, 11) is 1.91. The number of hydrogen-bond donors (Lipinski definition) is 1. The normalized spacial score (nSPS) is 10.3. The van der Waals surface area contributed by atoms with E-state index in [9.17, 15) is 5.26 Å². The molecule has 5 heteroatoms. The van der Waals surface area contributed by atoms with Gasteiger partial charge in [-0.25, -0.2) is 4.68 Å². The van der Waals surface area contributed by atoms with Crippen LogP contribution in [0.4, 0.5) is 11.6 Å². The first kappa shape index (κ1) is 14.9. The number of aromatic nitrogens is 2. The van der Waals surface area contributed by atoms with Crippen LogP contribution >= 0.6 is 0 Å². The van der Waals surface area contributed by atoms with Gasteiger partial charge in [0.15, 0.2) is 5.82 Å². The number of nitrogen functional groups attached to an aromatic ring is 1. The second-order valence-electron chi connectivity index (χ2n) is 5.02. The van der Waals surface area contributed by atoms with Crippen molar-refractivity contribution in [1.82, 2.24) is 9.78 Å². The van der Waals surface area contributed by atoms with E-state index in [1.165, 1.54) is 5.56 Å². The molecule has 0 amide bonds. The zero-order valence-electron chi connectivity index (χ0n) is 12.6. The van der Waals surface area contributed by atoms with Crippen molar-refractivity contribution >= 4 is 11.6 Å². The Kier molecular flexibility index (Phi) is 4.83. The van der Waals surface area contributed by atoms with Crippen LogP contribution in [0.2, 0.25) is 0 Å². The summed E-state index contributed by atoms with van der Waals surface area (Å²) in [5, 5.41) is 13.7. The van der Waals surface area contributed by atoms with Crippen molar-refractivity contribution in [3.8, 4) is 6.07 Å². The Labute approximate surface area is 125 Å². The Morgan fingerprint density at radius 3 is 2.67 bits per heavy atom. The summed E-state index contributed by atoms with van der Waals surface area (Å²) in [5.41, 5.74) is 7.81. The number of nitrogens with zero attached hydrogens (tertiary/aromatic N) is 4. The molecule has 0 bridgehead atoms. The predicted molar refractivity (Wildman–Crippen MR) is 85.1 cm³/mol. The van der Waals surface area contributed by atoms with E-state index in [0.717, 1.165) is 19.4 Å². The van der Waals surface area contributed by atoms with Gasteiger partial charge in [0.1, 0.15) is 17.5 Å². The maximum Gasteiger partial charge on any atom is 0.170 e. The lowest BCUT2D eigenvalue weighted by atomic mass is 10.1. The second-order valence-corrected chi connectivity index (χ2v) is 5.02. The number of hydrogen-bond acceptors (Lipinski definition) is 4. The largest absolute Gasteiger partial charge is 0.383 e. The summed E-state index contributed by atoms with van der Waals surface area (Å²) in [4.78, 5) is 1.93. The van der Waals surface area contributed by atoms with Crippen molar-refractivity contribution in [1.29, 1.82) is 5.26 Å². The number of rotatable bonds is 6. The van der Waals surface area contributed by atoms with Crippen LogP contribution in [-0.4, -0.2) is 23.4 Å². The van der Waals surface area contributed by atoms with Crippen molar-refractivity contribution in [2.45, 2.75) is 26.3 Å². The lowest BCUT2D eigenvalue weighted by Crippen LogP contribution is -2.17. The molecule has 0 aliphatic rings. The highest BCUT2D eigenvalue weighted by Crippen LogP contribution is 2.23. The Hall–Kier alpha value is -2.48. The summed E-state index contributed by atoms with van der Waals surface area (Å²) >= 11 is 0. The van der Waals surface area contributed by atoms with Crippen molar-refractivity contribution in [2.75, 3.05) is 24.2 Å². The van der Waals surface area contributed by atoms with E-state index in [-0.39, 0.29) is 0 Å². The lowest BCUT2D eigenvalue weighted by molar-refractivity contribution is 0.585. The Balaban J connectivity index is 2.07. The zero-order valence-corrected chi connectivity index (χ0v) is 12.6. The molecule has 2 rings (SSSR count). The van der Waals surface area contributed by atoms with E-state index in [0.29, 0.717) is 23.7 Å². The van der Waals surface area contributed by atoms with Crippen LogP contribution in [0.1, 0.15) is 24.5 Å². The van der Waals surface area contributed by atoms with Crippen LogP contribution in [0.25, 0.3) is 0 Å². The van der Waals surface area contributed by atoms with Gasteiger partial charge in [-0.15, -0.1) is 0 Å². The molecule has 0 aliphatic heterocycles. The summed E-state index contributed by atoms with van der Waals surface area (Å²) in [6.07, 6.45) is 1.91. The van der Waals surface area contributed by atoms with Crippen molar-refractivity contribution < 1.29 is 0 Å². The highest BCUT2D eigenvalue weighted by Gasteiger charge is 2.17. The second kappa shape index (κ2) is 6.80. The van der Waals surface area contributed by atoms with E-state index in [1.807, 2.05) is 37.1 Å². The summed E-state index contributed by atoms with van der Waals surface area (Å²) in [6.45, 7) is 3.52. The van der Waals surface area contributed by atoms with Gasteiger partial charge in [-0.05, 0) is 25.3 Å². The van der Waals surface area contributed by atoms with Crippen LogP contribution in [-0.2, 0) is 13.0 Å². The smallest absolute Gasteiger partial charge is 0.170 e. The maximum absolute atomic E-state index is 9.25. The molecule has 0 aliphatic carbocycles. The fourth-order valence-electron chi connectivity index (χ4n) is 2.23. The minimum absolute atomic E-state index is 0.459. The van der Waals surface area contributed by atoms with Gasteiger partial charge in [0.05, 0.1) is 0 Å². The van der Waals surface area contributed by atoms with E-state index in [1.54, 1.807) is 4.68 Å². The summed E-state index contributed by atoms with van der Waals surface area (Å²) < 4.78 is 1.74.